The number of amides is 2. The zero-order chi connectivity index (χ0) is 20.8. The zero-order valence-corrected chi connectivity index (χ0v) is 17.1. The third-order valence-electron chi connectivity index (χ3n) is 4.97. The van der Waals surface area contributed by atoms with Gasteiger partial charge in [0.1, 0.15) is 0 Å². The Morgan fingerprint density at radius 1 is 1.00 bits per heavy atom. The lowest BCUT2D eigenvalue weighted by molar-refractivity contribution is -0.131. The van der Waals surface area contributed by atoms with E-state index in [2.05, 4.69) is 10.6 Å². The molecule has 0 atom stereocenters. The molecule has 0 aliphatic carbocycles. The Morgan fingerprint density at radius 2 is 1.66 bits per heavy atom. The fourth-order valence-electron chi connectivity index (χ4n) is 3.33. The Hall–Kier alpha value is -3.06. The first-order valence-corrected chi connectivity index (χ1v) is 9.59. The smallest absolute Gasteiger partial charge is 0.238 e. The number of fused-ring (bicyclic) bond motifs is 1. The molecule has 0 spiro atoms. The van der Waals surface area contributed by atoms with Crippen molar-refractivity contribution in [3.05, 3.63) is 53.1 Å². The number of ether oxygens (including phenoxy) is 2. The number of aryl methyl sites for hydroxylation is 1. The van der Waals surface area contributed by atoms with E-state index in [4.69, 9.17) is 9.47 Å². The first-order chi connectivity index (χ1) is 14.0. The van der Waals surface area contributed by atoms with Gasteiger partial charge in [-0.1, -0.05) is 17.7 Å². The van der Waals surface area contributed by atoms with Gasteiger partial charge < -0.3 is 19.7 Å². The van der Waals surface area contributed by atoms with Crippen LogP contribution in [-0.4, -0.2) is 50.6 Å². The van der Waals surface area contributed by atoms with Crippen molar-refractivity contribution in [2.45, 2.75) is 19.9 Å². The topological polar surface area (TPSA) is 79.9 Å². The lowest BCUT2D eigenvalue weighted by Crippen LogP contribution is -2.42. The van der Waals surface area contributed by atoms with Crippen LogP contribution in [0.4, 0.5) is 5.69 Å². The first kappa shape index (κ1) is 20.7. The molecular weight excluding hydrogens is 370 g/mol. The Balaban J connectivity index is 1.49. The van der Waals surface area contributed by atoms with Crippen molar-refractivity contribution in [1.82, 2.24) is 10.2 Å². The van der Waals surface area contributed by atoms with E-state index in [0.717, 1.165) is 28.8 Å². The SMILES string of the molecule is COc1cc2c(cc1OC)CN(C(=O)CNCC(=O)Nc1ccc(C)cc1)CC2. The molecule has 0 saturated carbocycles. The average molecular weight is 397 g/mol. The summed E-state index contributed by atoms with van der Waals surface area (Å²) in [6.07, 6.45) is 0.759. The molecule has 1 aliphatic rings. The molecule has 0 saturated heterocycles. The maximum absolute atomic E-state index is 12.5. The van der Waals surface area contributed by atoms with E-state index in [1.54, 1.807) is 19.1 Å². The standard InChI is InChI=1S/C22H27N3O4/c1-15-4-6-18(7-5-15)24-21(26)12-23-13-22(27)25-9-8-16-10-19(28-2)20(29-3)11-17(16)14-25/h4-7,10-11,23H,8-9,12-14H2,1-3H3,(H,24,26). The minimum absolute atomic E-state index is 0.0337. The number of rotatable bonds is 7. The molecule has 7 nitrogen and oxygen atoms in total. The number of carbonyl (C=O) groups excluding carboxylic acids is 2. The molecule has 0 radical (unpaired) electrons. The number of benzene rings is 2. The highest BCUT2D eigenvalue weighted by atomic mass is 16.5. The number of hydrogen-bond acceptors (Lipinski definition) is 5. The molecule has 1 heterocycles. The van der Waals surface area contributed by atoms with E-state index in [1.165, 1.54) is 0 Å². The van der Waals surface area contributed by atoms with E-state index in [-0.39, 0.29) is 24.9 Å². The van der Waals surface area contributed by atoms with Gasteiger partial charge in [0.2, 0.25) is 11.8 Å². The molecule has 2 aromatic rings. The molecule has 29 heavy (non-hydrogen) atoms. The van der Waals surface area contributed by atoms with Gasteiger partial charge in [-0.2, -0.15) is 0 Å². The highest BCUT2D eigenvalue weighted by molar-refractivity contribution is 5.92. The largest absolute Gasteiger partial charge is 0.493 e. The number of nitrogens with zero attached hydrogens (tertiary/aromatic N) is 1. The lowest BCUT2D eigenvalue weighted by atomic mass is 9.98. The molecule has 0 bridgehead atoms. The maximum Gasteiger partial charge on any atom is 0.238 e. The van der Waals surface area contributed by atoms with Crippen LogP contribution in [0.25, 0.3) is 0 Å². The highest BCUT2D eigenvalue weighted by Crippen LogP contribution is 2.33. The van der Waals surface area contributed by atoms with E-state index >= 15 is 0 Å². The number of anilines is 1. The second-order valence-electron chi connectivity index (χ2n) is 7.06. The lowest BCUT2D eigenvalue weighted by Gasteiger charge is -2.29. The summed E-state index contributed by atoms with van der Waals surface area (Å²) in [6.45, 7) is 3.34. The second kappa shape index (κ2) is 9.43. The summed E-state index contributed by atoms with van der Waals surface area (Å²) in [5.74, 6) is 1.15. The fraction of sp³-hybridized carbons (Fsp3) is 0.364. The van der Waals surface area contributed by atoms with Gasteiger partial charge in [-0.3, -0.25) is 14.9 Å². The van der Waals surface area contributed by atoms with E-state index < -0.39 is 0 Å². The van der Waals surface area contributed by atoms with Gasteiger partial charge in [0.05, 0.1) is 27.3 Å². The van der Waals surface area contributed by atoms with Crippen LogP contribution in [-0.2, 0) is 22.6 Å². The minimum atomic E-state index is -0.178. The molecule has 154 valence electrons. The zero-order valence-electron chi connectivity index (χ0n) is 17.1. The molecule has 0 unspecified atom stereocenters. The molecule has 0 aromatic heterocycles. The van der Waals surface area contributed by atoms with Crippen molar-refractivity contribution >= 4 is 17.5 Å². The van der Waals surface area contributed by atoms with Crippen LogP contribution in [0.15, 0.2) is 36.4 Å². The molecule has 2 amide bonds. The summed E-state index contributed by atoms with van der Waals surface area (Å²) in [5, 5.41) is 5.74. The van der Waals surface area contributed by atoms with Gasteiger partial charge in [-0.25, -0.2) is 0 Å². The van der Waals surface area contributed by atoms with Gasteiger partial charge in [-0.15, -0.1) is 0 Å². The molecule has 7 heteroatoms. The van der Waals surface area contributed by atoms with Crippen molar-refractivity contribution in [3.63, 3.8) is 0 Å². The van der Waals surface area contributed by atoms with Crippen LogP contribution in [0.3, 0.4) is 0 Å². The van der Waals surface area contributed by atoms with Crippen LogP contribution in [0.1, 0.15) is 16.7 Å². The molecule has 1 aliphatic heterocycles. The van der Waals surface area contributed by atoms with E-state index in [9.17, 15) is 9.59 Å². The minimum Gasteiger partial charge on any atom is -0.493 e. The van der Waals surface area contributed by atoms with Crippen LogP contribution in [0.5, 0.6) is 11.5 Å². The van der Waals surface area contributed by atoms with Crippen molar-refractivity contribution in [3.8, 4) is 11.5 Å². The van der Waals surface area contributed by atoms with Gasteiger partial charge in [0, 0.05) is 18.8 Å². The first-order valence-electron chi connectivity index (χ1n) is 9.59. The Bertz CT molecular complexity index is 880. The summed E-state index contributed by atoms with van der Waals surface area (Å²) in [6, 6.07) is 11.5. The van der Waals surface area contributed by atoms with Gasteiger partial charge in [0.25, 0.3) is 0 Å². The Morgan fingerprint density at radius 3 is 2.31 bits per heavy atom. The van der Waals surface area contributed by atoms with Crippen molar-refractivity contribution in [1.29, 1.82) is 0 Å². The van der Waals surface area contributed by atoms with Crippen molar-refractivity contribution in [2.24, 2.45) is 0 Å². The molecule has 3 rings (SSSR count). The summed E-state index contributed by atoms with van der Waals surface area (Å²) >= 11 is 0. The van der Waals surface area contributed by atoms with Gasteiger partial charge in [0.15, 0.2) is 11.5 Å². The molecule has 0 fully saturated rings. The van der Waals surface area contributed by atoms with Crippen LogP contribution in [0, 0.1) is 6.92 Å². The predicted octanol–water partition coefficient (Wildman–Crippen LogP) is 2.13. The number of nitrogens with one attached hydrogen (secondary N) is 2. The summed E-state index contributed by atoms with van der Waals surface area (Å²) in [4.78, 5) is 26.4. The van der Waals surface area contributed by atoms with Crippen LogP contribution < -0.4 is 20.1 Å². The maximum atomic E-state index is 12.5. The van der Waals surface area contributed by atoms with Crippen molar-refractivity contribution in [2.75, 3.05) is 39.2 Å². The summed E-state index contributed by atoms with van der Waals surface area (Å²) in [7, 11) is 3.21. The van der Waals surface area contributed by atoms with Gasteiger partial charge >= 0.3 is 0 Å². The Kier molecular flexibility index (Phi) is 6.72. The quantitative estimate of drug-likeness (QED) is 0.748. The average Bonchev–Trinajstić information content (AvgIpc) is 2.73. The number of methoxy groups -OCH3 is 2. The van der Waals surface area contributed by atoms with Crippen molar-refractivity contribution < 1.29 is 19.1 Å². The third kappa shape index (κ3) is 5.26. The number of hydrogen-bond donors (Lipinski definition) is 2. The van der Waals surface area contributed by atoms with E-state index in [0.29, 0.717) is 24.6 Å². The van der Waals surface area contributed by atoms with Crippen LogP contribution in [0.2, 0.25) is 0 Å². The third-order valence-corrected chi connectivity index (χ3v) is 4.97. The highest BCUT2D eigenvalue weighted by Gasteiger charge is 2.22. The predicted molar refractivity (Wildman–Crippen MR) is 111 cm³/mol. The summed E-state index contributed by atoms with van der Waals surface area (Å²) < 4.78 is 10.7. The second-order valence-corrected chi connectivity index (χ2v) is 7.06. The van der Waals surface area contributed by atoms with Gasteiger partial charge in [-0.05, 0) is 48.7 Å². The molecule has 2 N–H and O–H groups in total. The number of carbonyl (C=O) groups is 2. The normalized spacial score (nSPS) is 12.9. The molecular formula is C22H27N3O4. The molecule has 2 aromatic carbocycles. The monoisotopic (exact) mass is 397 g/mol. The fourth-order valence-corrected chi connectivity index (χ4v) is 3.33. The van der Waals surface area contributed by atoms with Crippen LogP contribution >= 0.6 is 0 Å². The summed E-state index contributed by atoms with van der Waals surface area (Å²) in [5.41, 5.74) is 4.09. The Labute approximate surface area is 171 Å². The van der Waals surface area contributed by atoms with E-state index in [1.807, 2.05) is 43.3 Å².